The number of carbonyl (C=O) groups is 1. The first-order valence-corrected chi connectivity index (χ1v) is 9.02. The number of likely N-dealkylation sites (tertiary alicyclic amines) is 1. The summed E-state index contributed by atoms with van der Waals surface area (Å²) in [5.74, 6) is 1.13. The summed E-state index contributed by atoms with van der Waals surface area (Å²) in [6.07, 6.45) is 4.09. The molecule has 1 aliphatic carbocycles. The summed E-state index contributed by atoms with van der Waals surface area (Å²) in [6, 6.07) is 5.83. The highest BCUT2D eigenvalue weighted by molar-refractivity contribution is 5.85. The van der Waals surface area contributed by atoms with Crippen LogP contribution in [0.4, 0.5) is 0 Å². The molecule has 1 aromatic carbocycles. The van der Waals surface area contributed by atoms with Crippen LogP contribution < -0.4 is 11.3 Å². The summed E-state index contributed by atoms with van der Waals surface area (Å²) in [5, 5.41) is 0.608. The molecule has 1 aromatic heterocycles. The van der Waals surface area contributed by atoms with Crippen LogP contribution in [0.5, 0.6) is 0 Å². The van der Waals surface area contributed by atoms with Gasteiger partial charge in [0.05, 0.1) is 17.2 Å². The minimum absolute atomic E-state index is 0. The number of hydrogen-bond acceptors (Lipinski definition) is 4. The molecule has 2 aliphatic rings. The molecule has 1 amide bonds. The van der Waals surface area contributed by atoms with Gasteiger partial charge in [0.25, 0.3) is 5.56 Å². The number of para-hydroxylation sites is 1. The molecule has 0 spiro atoms. The number of rotatable bonds is 3. The Balaban J connectivity index is 0.00000196. The second-order valence-electron chi connectivity index (χ2n) is 7.43. The van der Waals surface area contributed by atoms with Gasteiger partial charge < -0.3 is 10.6 Å². The Morgan fingerprint density at radius 2 is 2.12 bits per heavy atom. The zero-order chi connectivity index (χ0) is 17.6. The molecule has 6 nitrogen and oxygen atoms in total. The number of carbonyl (C=O) groups excluding carboxylic acids is 1. The standard InChI is InChI=1S/C19H24N4O2.ClH/c1-12-3-2-4-14-18(12)21-11-22(19(14)25)8-7-17(24)23-9-13-5-6-16(20)15(13)10-23;/h2-4,11,13,15-16H,5-10,20H2,1H3;1H. The lowest BCUT2D eigenvalue weighted by molar-refractivity contribution is -0.130. The van der Waals surface area contributed by atoms with Gasteiger partial charge in [-0.1, -0.05) is 12.1 Å². The van der Waals surface area contributed by atoms with Crippen molar-refractivity contribution in [3.63, 3.8) is 0 Å². The number of nitrogens with zero attached hydrogens (tertiary/aromatic N) is 3. The Morgan fingerprint density at radius 3 is 2.88 bits per heavy atom. The first-order chi connectivity index (χ1) is 12.0. The van der Waals surface area contributed by atoms with Gasteiger partial charge in [-0.05, 0) is 43.2 Å². The van der Waals surface area contributed by atoms with E-state index >= 15 is 0 Å². The van der Waals surface area contributed by atoms with Gasteiger partial charge >= 0.3 is 0 Å². The van der Waals surface area contributed by atoms with Crippen molar-refractivity contribution in [2.45, 2.75) is 38.8 Å². The normalized spacial score (nSPS) is 24.5. The minimum Gasteiger partial charge on any atom is -0.342 e. The van der Waals surface area contributed by atoms with E-state index in [2.05, 4.69) is 4.98 Å². The summed E-state index contributed by atoms with van der Waals surface area (Å²) in [4.78, 5) is 31.5. The summed E-state index contributed by atoms with van der Waals surface area (Å²) in [6.45, 7) is 3.90. The number of fused-ring (bicyclic) bond motifs is 2. The zero-order valence-corrected chi connectivity index (χ0v) is 15.7. The van der Waals surface area contributed by atoms with Crippen molar-refractivity contribution < 1.29 is 4.79 Å². The molecule has 2 fully saturated rings. The van der Waals surface area contributed by atoms with Crippen molar-refractivity contribution in [3.05, 3.63) is 40.4 Å². The quantitative estimate of drug-likeness (QED) is 0.884. The van der Waals surface area contributed by atoms with Gasteiger partial charge in [0.2, 0.25) is 5.91 Å². The predicted molar refractivity (Wildman–Crippen MR) is 103 cm³/mol. The van der Waals surface area contributed by atoms with E-state index in [9.17, 15) is 9.59 Å². The number of nitrogens with two attached hydrogens (primary N) is 1. The SMILES string of the molecule is Cc1cccc2c(=O)n(CCC(=O)N3CC4CCC(N)C4C3)cnc12.Cl. The maximum absolute atomic E-state index is 12.6. The Kier molecular flexibility index (Phi) is 5.34. The molecule has 1 saturated carbocycles. The molecule has 7 heteroatoms. The highest BCUT2D eigenvalue weighted by Crippen LogP contribution is 2.37. The van der Waals surface area contributed by atoms with Gasteiger partial charge in [0, 0.05) is 32.1 Å². The van der Waals surface area contributed by atoms with E-state index in [0.29, 0.717) is 30.2 Å². The van der Waals surface area contributed by atoms with Crippen LogP contribution in [0, 0.1) is 18.8 Å². The lowest BCUT2D eigenvalue weighted by atomic mass is 9.98. The van der Waals surface area contributed by atoms with Crippen LogP contribution >= 0.6 is 12.4 Å². The molecule has 3 atom stereocenters. The molecule has 3 unspecified atom stereocenters. The predicted octanol–water partition coefficient (Wildman–Crippen LogP) is 1.71. The topological polar surface area (TPSA) is 81.2 Å². The molecule has 0 bridgehead atoms. The third-order valence-electron chi connectivity index (χ3n) is 5.89. The number of aryl methyl sites for hydroxylation is 2. The van der Waals surface area contributed by atoms with Crippen molar-refractivity contribution in [1.82, 2.24) is 14.5 Å². The average Bonchev–Trinajstić information content (AvgIpc) is 3.17. The van der Waals surface area contributed by atoms with Crippen molar-refractivity contribution in [1.29, 1.82) is 0 Å². The summed E-state index contributed by atoms with van der Waals surface area (Å²) in [7, 11) is 0. The van der Waals surface area contributed by atoms with Crippen molar-refractivity contribution in [2.75, 3.05) is 13.1 Å². The second-order valence-corrected chi connectivity index (χ2v) is 7.43. The van der Waals surface area contributed by atoms with Crippen LogP contribution in [-0.2, 0) is 11.3 Å². The summed E-state index contributed by atoms with van der Waals surface area (Å²) < 4.78 is 1.54. The van der Waals surface area contributed by atoms with Crippen LogP contribution in [-0.4, -0.2) is 39.5 Å². The second kappa shape index (κ2) is 7.37. The lowest BCUT2D eigenvalue weighted by Crippen LogP contribution is -2.34. The van der Waals surface area contributed by atoms with Gasteiger partial charge in [0.1, 0.15) is 0 Å². The van der Waals surface area contributed by atoms with E-state index in [-0.39, 0.29) is 29.9 Å². The Hall–Kier alpha value is -1.92. The molecule has 4 rings (SSSR count). The Bertz CT molecular complexity index is 881. The maximum atomic E-state index is 12.6. The zero-order valence-electron chi connectivity index (χ0n) is 14.9. The van der Waals surface area contributed by atoms with Crippen LogP contribution in [0.25, 0.3) is 10.9 Å². The van der Waals surface area contributed by atoms with Crippen LogP contribution in [0.3, 0.4) is 0 Å². The Morgan fingerprint density at radius 1 is 1.31 bits per heavy atom. The van der Waals surface area contributed by atoms with E-state index in [1.54, 1.807) is 17.0 Å². The van der Waals surface area contributed by atoms with E-state index in [4.69, 9.17) is 5.73 Å². The van der Waals surface area contributed by atoms with Gasteiger partial charge in [-0.25, -0.2) is 4.98 Å². The molecule has 0 radical (unpaired) electrons. The molecular formula is C19H25ClN4O2. The third kappa shape index (κ3) is 3.23. The summed E-state index contributed by atoms with van der Waals surface area (Å²) in [5.41, 5.74) is 7.78. The fourth-order valence-corrected chi connectivity index (χ4v) is 4.38. The largest absolute Gasteiger partial charge is 0.342 e. The van der Waals surface area contributed by atoms with Crippen molar-refractivity contribution in [3.8, 4) is 0 Å². The minimum atomic E-state index is -0.0817. The fourth-order valence-electron chi connectivity index (χ4n) is 4.38. The van der Waals surface area contributed by atoms with Gasteiger partial charge in [-0.3, -0.25) is 14.2 Å². The first kappa shape index (κ1) is 18.9. The lowest BCUT2D eigenvalue weighted by Gasteiger charge is -2.19. The monoisotopic (exact) mass is 376 g/mol. The van der Waals surface area contributed by atoms with E-state index in [1.807, 2.05) is 24.0 Å². The van der Waals surface area contributed by atoms with E-state index in [1.165, 1.54) is 0 Å². The van der Waals surface area contributed by atoms with E-state index in [0.717, 1.165) is 37.0 Å². The number of hydrogen-bond donors (Lipinski definition) is 1. The molecule has 2 aromatic rings. The number of halogens is 1. The van der Waals surface area contributed by atoms with Crippen molar-refractivity contribution in [2.24, 2.45) is 17.6 Å². The molecule has 2 N–H and O–H groups in total. The molecule has 26 heavy (non-hydrogen) atoms. The fraction of sp³-hybridized carbons (Fsp3) is 0.526. The van der Waals surface area contributed by atoms with Crippen LogP contribution in [0.2, 0.25) is 0 Å². The van der Waals surface area contributed by atoms with Crippen LogP contribution in [0.1, 0.15) is 24.8 Å². The van der Waals surface area contributed by atoms with Crippen molar-refractivity contribution >= 4 is 29.2 Å². The number of amides is 1. The molecule has 1 saturated heterocycles. The van der Waals surface area contributed by atoms with E-state index < -0.39 is 0 Å². The third-order valence-corrected chi connectivity index (χ3v) is 5.89. The average molecular weight is 377 g/mol. The molecule has 2 heterocycles. The van der Waals surface area contributed by atoms with Gasteiger partial charge in [0.15, 0.2) is 0 Å². The number of aromatic nitrogens is 2. The first-order valence-electron chi connectivity index (χ1n) is 9.02. The highest BCUT2D eigenvalue weighted by atomic mass is 35.5. The molecule has 140 valence electrons. The summed E-state index contributed by atoms with van der Waals surface area (Å²) >= 11 is 0. The number of benzene rings is 1. The highest BCUT2D eigenvalue weighted by Gasteiger charge is 2.42. The van der Waals surface area contributed by atoms with Gasteiger partial charge in [-0.15, -0.1) is 12.4 Å². The smallest absolute Gasteiger partial charge is 0.261 e. The molecule has 1 aliphatic heterocycles. The van der Waals surface area contributed by atoms with Gasteiger partial charge in [-0.2, -0.15) is 0 Å². The Labute approximate surface area is 158 Å². The van der Waals surface area contributed by atoms with Crippen LogP contribution in [0.15, 0.2) is 29.3 Å². The maximum Gasteiger partial charge on any atom is 0.261 e. The molecular weight excluding hydrogens is 352 g/mol.